The van der Waals surface area contributed by atoms with Crippen LogP contribution in [0.2, 0.25) is 10.0 Å². The molecule has 0 saturated carbocycles. The zero-order valence-electron chi connectivity index (χ0n) is 11.0. The number of anilines is 2. The van der Waals surface area contributed by atoms with Gasteiger partial charge in [-0.1, -0.05) is 30.1 Å². The number of morpholine rings is 1. The van der Waals surface area contributed by atoms with Crippen molar-refractivity contribution in [1.29, 1.82) is 0 Å². The largest absolute Gasteiger partial charge is 0.399 e. The van der Waals surface area contributed by atoms with Crippen LogP contribution in [0.1, 0.15) is 6.92 Å². The number of hydrogen-bond donors (Lipinski definition) is 2. The van der Waals surface area contributed by atoms with Gasteiger partial charge in [0.2, 0.25) is 0 Å². The van der Waals surface area contributed by atoms with Gasteiger partial charge in [0.05, 0.1) is 28.4 Å². The van der Waals surface area contributed by atoms with Crippen molar-refractivity contribution < 1.29 is 4.74 Å². The summed E-state index contributed by atoms with van der Waals surface area (Å²) < 4.78 is 5.72. The third-order valence-electron chi connectivity index (χ3n) is 3.24. The fourth-order valence-electron chi connectivity index (χ4n) is 2.17. The molecule has 3 N–H and O–H groups in total. The molecule has 1 atom stereocenters. The van der Waals surface area contributed by atoms with E-state index >= 15 is 0 Å². The van der Waals surface area contributed by atoms with E-state index in [1.54, 1.807) is 12.1 Å². The highest BCUT2D eigenvalue weighted by molar-refractivity contribution is 6.39. The Kier molecular flexibility index (Phi) is 5.16. The summed E-state index contributed by atoms with van der Waals surface area (Å²) in [6, 6.07) is 3.38. The molecule has 1 aliphatic rings. The van der Waals surface area contributed by atoms with Gasteiger partial charge in [-0.25, -0.2) is 0 Å². The van der Waals surface area contributed by atoms with Crippen LogP contribution in [0.25, 0.3) is 0 Å². The predicted octanol–water partition coefficient (Wildman–Crippen LogP) is 2.71. The van der Waals surface area contributed by atoms with Crippen molar-refractivity contribution in [3.63, 3.8) is 0 Å². The standard InChI is InChI=1S/C13H19Cl2N3O/c1-2-18-3-4-19-10(8-18)7-17-13-11(14)5-9(16)6-12(13)15/h5-6,10,17H,2-4,7-8,16H2,1H3. The number of nitrogen functional groups attached to an aromatic ring is 1. The van der Waals surface area contributed by atoms with E-state index in [-0.39, 0.29) is 6.10 Å². The van der Waals surface area contributed by atoms with Crippen LogP contribution in [-0.4, -0.2) is 43.8 Å². The lowest BCUT2D eigenvalue weighted by Gasteiger charge is -2.32. The van der Waals surface area contributed by atoms with Gasteiger partial charge in [-0.3, -0.25) is 4.90 Å². The van der Waals surface area contributed by atoms with Crippen LogP contribution in [0.15, 0.2) is 12.1 Å². The van der Waals surface area contributed by atoms with Crippen LogP contribution in [0.4, 0.5) is 11.4 Å². The summed E-state index contributed by atoms with van der Waals surface area (Å²) in [6.07, 6.45) is 0.151. The second kappa shape index (κ2) is 6.66. The molecule has 1 saturated heterocycles. The van der Waals surface area contributed by atoms with Gasteiger partial charge >= 0.3 is 0 Å². The minimum atomic E-state index is 0.151. The Morgan fingerprint density at radius 3 is 2.74 bits per heavy atom. The molecule has 0 aromatic heterocycles. The second-order valence-corrected chi connectivity index (χ2v) is 5.44. The molecule has 1 heterocycles. The molecule has 2 rings (SSSR count). The first-order valence-corrected chi connectivity index (χ1v) is 7.18. The summed E-state index contributed by atoms with van der Waals surface area (Å²) in [5, 5.41) is 4.32. The lowest BCUT2D eigenvalue weighted by molar-refractivity contribution is -0.0191. The molecule has 0 radical (unpaired) electrons. The summed E-state index contributed by atoms with van der Waals surface area (Å²) in [6.45, 7) is 6.57. The average Bonchev–Trinajstić information content (AvgIpc) is 2.37. The number of nitrogens with two attached hydrogens (primary N) is 1. The topological polar surface area (TPSA) is 50.5 Å². The molecule has 106 valence electrons. The minimum absolute atomic E-state index is 0.151. The molecule has 0 aliphatic carbocycles. The molecular formula is C13H19Cl2N3O. The summed E-state index contributed by atoms with van der Waals surface area (Å²) in [5.74, 6) is 0. The summed E-state index contributed by atoms with van der Waals surface area (Å²) >= 11 is 12.3. The highest BCUT2D eigenvalue weighted by Gasteiger charge is 2.19. The van der Waals surface area contributed by atoms with Crippen LogP contribution >= 0.6 is 23.2 Å². The Hall–Kier alpha value is -0.680. The number of halogens is 2. The zero-order chi connectivity index (χ0) is 13.8. The second-order valence-electron chi connectivity index (χ2n) is 4.63. The average molecular weight is 304 g/mol. The van der Waals surface area contributed by atoms with Gasteiger partial charge in [0, 0.05) is 25.3 Å². The van der Waals surface area contributed by atoms with Crippen molar-refractivity contribution in [3.8, 4) is 0 Å². The van der Waals surface area contributed by atoms with E-state index in [4.69, 9.17) is 33.7 Å². The molecule has 1 fully saturated rings. The molecule has 1 aliphatic heterocycles. The van der Waals surface area contributed by atoms with Crippen molar-refractivity contribution >= 4 is 34.6 Å². The number of hydrogen-bond acceptors (Lipinski definition) is 4. The quantitative estimate of drug-likeness (QED) is 0.840. The van der Waals surface area contributed by atoms with Gasteiger partial charge in [-0.2, -0.15) is 0 Å². The van der Waals surface area contributed by atoms with E-state index in [0.717, 1.165) is 31.9 Å². The van der Waals surface area contributed by atoms with E-state index < -0.39 is 0 Å². The maximum absolute atomic E-state index is 6.13. The van der Waals surface area contributed by atoms with E-state index in [0.29, 0.717) is 22.3 Å². The monoisotopic (exact) mass is 303 g/mol. The van der Waals surface area contributed by atoms with E-state index in [2.05, 4.69) is 17.1 Å². The summed E-state index contributed by atoms with van der Waals surface area (Å²) in [5.41, 5.74) is 6.95. The van der Waals surface area contributed by atoms with Gasteiger partial charge in [0.15, 0.2) is 0 Å². The molecular weight excluding hydrogens is 285 g/mol. The Morgan fingerprint density at radius 2 is 2.11 bits per heavy atom. The highest BCUT2D eigenvalue weighted by Crippen LogP contribution is 2.32. The lowest BCUT2D eigenvalue weighted by atomic mass is 10.2. The fraction of sp³-hybridized carbons (Fsp3) is 0.538. The third kappa shape index (κ3) is 3.89. The Bertz CT molecular complexity index is 419. The van der Waals surface area contributed by atoms with Gasteiger partial charge in [0.25, 0.3) is 0 Å². The Balaban J connectivity index is 1.95. The molecule has 0 amide bonds. The first-order valence-electron chi connectivity index (χ1n) is 6.42. The lowest BCUT2D eigenvalue weighted by Crippen LogP contribution is -2.45. The first-order chi connectivity index (χ1) is 9.10. The van der Waals surface area contributed by atoms with Crippen LogP contribution < -0.4 is 11.1 Å². The molecule has 1 aromatic rings. The van der Waals surface area contributed by atoms with Gasteiger partial charge in [0.1, 0.15) is 0 Å². The van der Waals surface area contributed by atoms with Crippen molar-refractivity contribution in [2.24, 2.45) is 0 Å². The molecule has 19 heavy (non-hydrogen) atoms. The van der Waals surface area contributed by atoms with E-state index in [1.165, 1.54) is 0 Å². The van der Waals surface area contributed by atoms with Crippen LogP contribution in [0, 0.1) is 0 Å². The number of likely N-dealkylation sites (N-methyl/N-ethyl adjacent to an activating group) is 1. The molecule has 1 aromatic carbocycles. The normalized spacial score (nSPS) is 20.5. The smallest absolute Gasteiger partial charge is 0.0874 e. The van der Waals surface area contributed by atoms with Crippen LogP contribution in [0.5, 0.6) is 0 Å². The number of nitrogens with one attached hydrogen (secondary N) is 1. The van der Waals surface area contributed by atoms with Gasteiger partial charge in [-0.15, -0.1) is 0 Å². The number of nitrogens with zero attached hydrogens (tertiary/aromatic N) is 1. The summed E-state index contributed by atoms with van der Waals surface area (Å²) in [4.78, 5) is 2.36. The summed E-state index contributed by atoms with van der Waals surface area (Å²) in [7, 11) is 0. The van der Waals surface area contributed by atoms with Gasteiger partial charge in [-0.05, 0) is 18.7 Å². The van der Waals surface area contributed by atoms with Crippen molar-refractivity contribution in [3.05, 3.63) is 22.2 Å². The number of benzene rings is 1. The van der Waals surface area contributed by atoms with Crippen molar-refractivity contribution in [2.45, 2.75) is 13.0 Å². The van der Waals surface area contributed by atoms with Crippen LogP contribution in [-0.2, 0) is 4.74 Å². The molecule has 0 bridgehead atoms. The predicted molar refractivity (Wildman–Crippen MR) is 81.2 cm³/mol. The Morgan fingerprint density at radius 1 is 1.42 bits per heavy atom. The molecule has 0 spiro atoms. The zero-order valence-corrected chi connectivity index (χ0v) is 12.5. The number of rotatable bonds is 4. The Labute approximate surface area is 123 Å². The maximum atomic E-state index is 6.13. The molecule has 6 heteroatoms. The molecule has 4 nitrogen and oxygen atoms in total. The number of ether oxygens (including phenoxy) is 1. The molecule has 1 unspecified atom stereocenters. The fourth-order valence-corrected chi connectivity index (χ4v) is 2.81. The van der Waals surface area contributed by atoms with E-state index in [1.807, 2.05) is 0 Å². The van der Waals surface area contributed by atoms with E-state index in [9.17, 15) is 0 Å². The van der Waals surface area contributed by atoms with Gasteiger partial charge < -0.3 is 15.8 Å². The van der Waals surface area contributed by atoms with Crippen molar-refractivity contribution in [2.75, 3.05) is 43.8 Å². The van der Waals surface area contributed by atoms with Crippen LogP contribution in [0.3, 0.4) is 0 Å². The first kappa shape index (κ1) is 14.7. The minimum Gasteiger partial charge on any atom is -0.399 e. The maximum Gasteiger partial charge on any atom is 0.0874 e. The van der Waals surface area contributed by atoms with Crippen molar-refractivity contribution in [1.82, 2.24) is 4.90 Å². The third-order valence-corrected chi connectivity index (χ3v) is 3.84. The highest BCUT2D eigenvalue weighted by atomic mass is 35.5. The SMILES string of the molecule is CCN1CCOC(CNc2c(Cl)cc(N)cc2Cl)C1.